The van der Waals surface area contributed by atoms with Gasteiger partial charge in [0.2, 0.25) is 0 Å². The second kappa shape index (κ2) is 7.39. The third-order valence-corrected chi connectivity index (χ3v) is 4.80. The fraction of sp³-hybridized carbons (Fsp3) is 0.421. The minimum absolute atomic E-state index is 0.0562. The highest BCUT2D eigenvalue weighted by molar-refractivity contribution is 5.93. The van der Waals surface area contributed by atoms with E-state index < -0.39 is 5.79 Å². The molecule has 7 heteroatoms. The van der Waals surface area contributed by atoms with Crippen molar-refractivity contribution in [2.75, 3.05) is 31.6 Å². The van der Waals surface area contributed by atoms with Crippen molar-refractivity contribution < 1.29 is 14.3 Å². The number of aromatic nitrogens is 2. The molecule has 26 heavy (non-hydrogen) atoms. The largest absolute Gasteiger partial charge is 0.379 e. The lowest BCUT2D eigenvalue weighted by molar-refractivity contribution is -0.181. The van der Waals surface area contributed by atoms with Crippen molar-refractivity contribution >= 4 is 11.6 Å². The first-order valence-corrected chi connectivity index (χ1v) is 8.91. The van der Waals surface area contributed by atoms with Gasteiger partial charge in [-0.15, -0.1) is 0 Å². The maximum Gasteiger partial charge on any atom is 0.272 e. The molecule has 0 saturated carbocycles. The van der Waals surface area contributed by atoms with Crippen molar-refractivity contribution in [2.45, 2.75) is 25.2 Å². The number of ether oxygens (including phenoxy) is 2. The number of piperidine rings is 1. The average molecular weight is 354 g/mol. The predicted molar refractivity (Wildman–Crippen MR) is 95.6 cm³/mol. The molecular formula is C19H22N4O3. The second-order valence-corrected chi connectivity index (χ2v) is 6.50. The number of nitrogens with one attached hydrogen (secondary N) is 1. The van der Waals surface area contributed by atoms with E-state index in [1.807, 2.05) is 29.2 Å². The topological polar surface area (TPSA) is 76.6 Å². The number of amides is 1. The lowest BCUT2D eigenvalue weighted by Crippen LogP contribution is -2.47. The Morgan fingerprint density at radius 3 is 2.65 bits per heavy atom. The first-order valence-electron chi connectivity index (χ1n) is 8.91. The van der Waals surface area contributed by atoms with Crippen LogP contribution in [0.5, 0.6) is 0 Å². The highest BCUT2D eigenvalue weighted by Gasteiger charge is 2.41. The molecule has 0 unspecified atom stereocenters. The van der Waals surface area contributed by atoms with Crippen molar-refractivity contribution in [3.05, 3.63) is 54.1 Å². The van der Waals surface area contributed by atoms with Crippen LogP contribution in [0.4, 0.5) is 5.69 Å². The number of carbonyl (C=O) groups excluding carboxylic acids is 1. The van der Waals surface area contributed by atoms with Gasteiger partial charge in [0.1, 0.15) is 5.69 Å². The van der Waals surface area contributed by atoms with Crippen LogP contribution in [0.3, 0.4) is 0 Å². The first kappa shape index (κ1) is 16.9. The van der Waals surface area contributed by atoms with Crippen LogP contribution in [0.25, 0.3) is 0 Å². The summed E-state index contributed by atoms with van der Waals surface area (Å²) >= 11 is 0. The van der Waals surface area contributed by atoms with Crippen molar-refractivity contribution in [1.29, 1.82) is 0 Å². The highest BCUT2D eigenvalue weighted by Crippen LogP contribution is 2.31. The maximum absolute atomic E-state index is 12.8. The molecular weight excluding hydrogens is 332 g/mol. The summed E-state index contributed by atoms with van der Waals surface area (Å²) in [5.74, 6) is -0.532. The molecule has 0 bridgehead atoms. The summed E-state index contributed by atoms with van der Waals surface area (Å²) in [6, 6.07) is 9.43. The quantitative estimate of drug-likeness (QED) is 0.906. The molecule has 2 aliphatic heterocycles. The molecule has 1 spiro atoms. The van der Waals surface area contributed by atoms with Gasteiger partial charge in [0.25, 0.3) is 5.91 Å². The van der Waals surface area contributed by atoms with Gasteiger partial charge in [0.05, 0.1) is 25.5 Å². The number of pyridine rings is 2. The highest BCUT2D eigenvalue weighted by atomic mass is 16.7. The average Bonchev–Trinajstić information content (AvgIpc) is 3.15. The van der Waals surface area contributed by atoms with Crippen molar-refractivity contribution in [2.24, 2.45) is 0 Å². The van der Waals surface area contributed by atoms with Gasteiger partial charge in [-0.1, -0.05) is 6.07 Å². The van der Waals surface area contributed by atoms with Gasteiger partial charge in [-0.05, 0) is 24.3 Å². The van der Waals surface area contributed by atoms with Gasteiger partial charge < -0.3 is 19.7 Å². The van der Waals surface area contributed by atoms with Crippen molar-refractivity contribution in [1.82, 2.24) is 14.9 Å². The van der Waals surface area contributed by atoms with Gasteiger partial charge in [-0.2, -0.15) is 0 Å². The fourth-order valence-corrected chi connectivity index (χ4v) is 3.35. The van der Waals surface area contributed by atoms with Crippen LogP contribution in [0.1, 0.15) is 29.0 Å². The van der Waals surface area contributed by atoms with Crippen LogP contribution in [0.15, 0.2) is 42.7 Å². The summed E-state index contributed by atoms with van der Waals surface area (Å²) in [7, 11) is 0. The van der Waals surface area contributed by atoms with Gasteiger partial charge in [-0.25, -0.2) is 0 Å². The Morgan fingerprint density at radius 1 is 1.12 bits per heavy atom. The third kappa shape index (κ3) is 3.68. The normalized spacial score (nSPS) is 18.8. The van der Waals surface area contributed by atoms with Crippen molar-refractivity contribution in [3.8, 4) is 0 Å². The zero-order chi connectivity index (χ0) is 17.8. The molecule has 0 aromatic carbocycles. The number of likely N-dealkylation sites (tertiary alicyclic amines) is 1. The molecule has 2 aliphatic rings. The molecule has 4 heterocycles. The molecule has 136 valence electrons. The van der Waals surface area contributed by atoms with Crippen LogP contribution in [-0.2, 0) is 16.0 Å². The number of rotatable bonds is 4. The Labute approximate surface area is 152 Å². The van der Waals surface area contributed by atoms with Crippen LogP contribution < -0.4 is 5.32 Å². The molecule has 0 radical (unpaired) electrons. The Hall–Kier alpha value is -2.51. The summed E-state index contributed by atoms with van der Waals surface area (Å²) < 4.78 is 11.4. The molecule has 2 saturated heterocycles. The molecule has 4 rings (SSSR count). The first-order chi connectivity index (χ1) is 12.7. The van der Waals surface area contributed by atoms with Crippen LogP contribution in [-0.4, -0.2) is 52.9 Å². The summed E-state index contributed by atoms with van der Waals surface area (Å²) in [6.45, 7) is 3.11. The number of nitrogens with zero attached hydrogens (tertiary/aromatic N) is 3. The third-order valence-electron chi connectivity index (χ3n) is 4.80. The smallest absolute Gasteiger partial charge is 0.272 e. The van der Waals surface area contributed by atoms with Gasteiger partial charge in [0, 0.05) is 44.0 Å². The Balaban J connectivity index is 1.37. The molecule has 2 aromatic rings. The van der Waals surface area contributed by atoms with E-state index in [9.17, 15) is 4.79 Å². The van der Waals surface area contributed by atoms with Gasteiger partial charge in [-0.3, -0.25) is 14.8 Å². The monoisotopic (exact) mass is 354 g/mol. The van der Waals surface area contributed by atoms with E-state index in [1.54, 1.807) is 18.5 Å². The summed E-state index contributed by atoms with van der Waals surface area (Å²) in [5, 5.41) is 3.29. The van der Waals surface area contributed by atoms with E-state index in [1.165, 1.54) is 0 Å². The predicted octanol–water partition coefficient (Wildman–Crippen LogP) is 2.07. The molecule has 1 amide bonds. The van der Waals surface area contributed by atoms with Crippen LogP contribution in [0, 0.1) is 0 Å². The second-order valence-electron chi connectivity index (χ2n) is 6.50. The Bertz CT molecular complexity index is 752. The van der Waals surface area contributed by atoms with Crippen molar-refractivity contribution in [3.63, 3.8) is 0 Å². The van der Waals surface area contributed by atoms with E-state index in [0.717, 1.165) is 11.4 Å². The van der Waals surface area contributed by atoms with E-state index in [4.69, 9.17) is 9.47 Å². The Morgan fingerprint density at radius 2 is 1.92 bits per heavy atom. The lowest BCUT2D eigenvalue weighted by atomic mass is 10.0. The zero-order valence-electron chi connectivity index (χ0n) is 14.6. The molecule has 2 aromatic heterocycles. The zero-order valence-corrected chi connectivity index (χ0v) is 14.6. The maximum atomic E-state index is 12.8. The van der Waals surface area contributed by atoms with Crippen LogP contribution in [0.2, 0.25) is 0 Å². The summed E-state index contributed by atoms with van der Waals surface area (Å²) in [4.78, 5) is 23.1. The number of hydrogen-bond donors (Lipinski definition) is 1. The van der Waals surface area contributed by atoms with Gasteiger partial charge >= 0.3 is 0 Å². The van der Waals surface area contributed by atoms with E-state index in [0.29, 0.717) is 51.4 Å². The minimum Gasteiger partial charge on any atom is -0.379 e. The van der Waals surface area contributed by atoms with E-state index in [-0.39, 0.29) is 5.91 Å². The number of anilines is 1. The number of carbonyl (C=O) groups is 1. The summed E-state index contributed by atoms with van der Waals surface area (Å²) in [5.41, 5.74) is 2.24. The standard InChI is InChI=1S/C19H22N4O3/c24-18(23-9-5-19(6-10-23)25-11-12-26-19)17-13-15(4-8-21-17)22-14-16-3-1-2-7-20-16/h1-4,7-8,13H,5-6,9-12,14H2,(H,21,22). The minimum atomic E-state index is -0.476. The molecule has 2 fully saturated rings. The van der Waals surface area contributed by atoms with Crippen LogP contribution >= 0.6 is 0 Å². The SMILES string of the molecule is O=C(c1cc(NCc2ccccn2)ccn1)N1CCC2(CC1)OCCO2. The number of hydrogen-bond acceptors (Lipinski definition) is 6. The molecule has 0 atom stereocenters. The molecule has 7 nitrogen and oxygen atoms in total. The van der Waals surface area contributed by atoms with E-state index in [2.05, 4.69) is 15.3 Å². The summed E-state index contributed by atoms with van der Waals surface area (Å²) in [6.07, 6.45) is 4.83. The fourth-order valence-electron chi connectivity index (χ4n) is 3.35. The Kier molecular flexibility index (Phi) is 4.81. The molecule has 0 aliphatic carbocycles. The molecule has 1 N–H and O–H groups in total. The lowest BCUT2D eigenvalue weighted by Gasteiger charge is -2.37. The van der Waals surface area contributed by atoms with E-state index >= 15 is 0 Å². The van der Waals surface area contributed by atoms with Gasteiger partial charge in [0.15, 0.2) is 5.79 Å².